The molecule has 5 rings (SSSR count). The number of pyridine rings is 1. The average molecular weight is 478 g/mol. The Labute approximate surface area is 201 Å². The molecule has 35 heavy (non-hydrogen) atoms. The van der Waals surface area contributed by atoms with Crippen LogP contribution in [0.2, 0.25) is 0 Å². The van der Waals surface area contributed by atoms with E-state index in [9.17, 15) is 23.6 Å². The lowest BCUT2D eigenvalue weighted by atomic mass is 9.84. The van der Waals surface area contributed by atoms with E-state index in [1.807, 2.05) is 31.2 Å². The first-order valence-electron chi connectivity index (χ1n) is 11.6. The van der Waals surface area contributed by atoms with E-state index in [0.717, 1.165) is 23.0 Å². The number of piperidine rings is 1. The van der Waals surface area contributed by atoms with E-state index in [1.54, 1.807) is 18.3 Å². The molecule has 0 amide bonds. The van der Waals surface area contributed by atoms with Gasteiger partial charge in [0.15, 0.2) is 0 Å². The van der Waals surface area contributed by atoms with Gasteiger partial charge in [0.05, 0.1) is 5.92 Å². The van der Waals surface area contributed by atoms with Crippen molar-refractivity contribution >= 4 is 11.7 Å². The third-order valence-electron chi connectivity index (χ3n) is 7.37. The van der Waals surface area contributed by atoms with Gasteiger partial charge in [0.2, 0.25) is 0 Å². The zero-order valence-corrected chi connectivity index (χ0v) is 19.1. The number of carbonyl (C=O) groups is 1. The van der Waals surface area contributed by atoms with Crippen molar-refractivity contribution in [1.82, 2.24) is 4.98 Å². The van der Waals surface area contributed by atoms with Crippen molar-refractivity contribution < 1.29 is 18.7 Å². The summed E-state index contributed by atoms with van der Waals surface area (Å²) in [4.78, 5) is 29.4. The SMILES string of the molecule is Cc1cc(C(CC(c2ccc(N3CC4C(C3)C4C(=O)O)cc2)c2ccc(F)cc2F)N=O)ccn1. The van der Waals surface area contributed by atoms with Crippen molar-refractivity contribution in [3.63, 3.8) is 0 Å². The lowest BCUT2D eigenvalue weighted by Crippen LogP contribution is -2.25. The van der Waals surface area contributed by atoms with E-state index in [4.69, 9.17) is 0 Å². The number of rotatable bonds is 8. The Bertz CT molecular complexity index is 1250. The normalized spacial score (nSPS) is 22.4. The summed E-state index contributed by atoms with van der Waals surface area (Å²) in [5, 5.41) is 12.6. The van der Waals surface area contributed by atoms with Crippen LogP contribution in [-0.4, -0.2) is 29.1 Å². The molecule has 2 aromatic carbocycles. The molecule has 1 saturated carbocycles. The van der Waals surface area contributed by atoms with Crippen LogP contribution in [0.3, 0.4) is 0 Å². The number of anilines is 1. The zero-order valence-electron chi connectivity index (χ0n) is 19.1. The first-order valence-corrected chi connectivity index (χ1v) is 11.6. The Kier molecular flexibility index (Phi) is 6.05. The molecule has 4 unspecified atom stereocenters. The van der Waals surface area contributed by atoms with Crippen LogP contribution in [0.1, 0.15) is 40.8 Å². The molecular weight excluding hydrogens is 452 g/mol. The van der Waals surface area contributed by atoms with Gasteiger partial charge in [0, 0.05) is 42.7 Å². The minimum Gasteiger partial charge on any atom is -0.481 e. The van der Waals surface area contributed by atoms with Gasteiger partial charge in [-0.05, 0) is 72.2 Å². The van der Waals surface area contributed by atoms with E-state index in [0.29, 0.717) is 24.2 Å². The number of benzene rings is 2. The van der Waals surface area contributed by atoms with Crippen LogP contribution in [0.4, 0.5) is 14.5 Å². The largest absolute Gasteiger partial charge is 0.481 e. The molecule has 3 aromatic rings. The summed E-state index contributed by atoms with van der Waals surface area (Å²) < 4.78 is 28.5. The maximum atomic E-state index is 14.9. The first-order chi connectivity index (χ1) is 16.9. The standard InChI is InChI=1S/C27H25F2N3O3/c1-15-10-17(8-9-30-15)25(31-35)12-21(20-7-4-18(28)11-24(20)29)16-2-5-19(6-3-16)32-13-22-23(14-32)26(22)27(33)34/h2-11,21-23,25-26H,12-14H2,1H3,(H,33,34). The number of hydrogen-bond donors (Lipinski definition) is 1. The predicted octanol–water partition coefficient (Wildman–Crippen LogP) is 5.46. The molecule has 2 fully saturated rings. The molecule has 6 nitrogen and oxygen atoms in total. The van der Waals surface area contributed by atoms with Crippen molar-refractivity contribution in [3.8, 4) is 0 Å². The topological polar surface area (TPSA) is 82.9 Å². The van der Waals surface area contributed by atoms with E-state index in [1.165, 1.54) is 12.1 Å². The number of carboxylic acids is 1. The van der Waals surface area contributed by atoms with Gasteiger partial charge in [-0.15, -0.1) is 0 Å². The number of fused-ring (bicyclic) bond motifs is 1. The Morgan fingerprint density at radius 1 is 1.09 bits per heavy atom. The molecule has 180 valence electrons. The molecule has 8 heteroatoms. The molecule has 0 spiro atoms. The van der Waals surface area contributed by atoms with Gasteiger partial charge in [-0.3, -0.25) is 9.78 Å². The maximum absolute atomic E-state index is 14.9. The summed E-state index contributed by atoms with van der Waals surface area (Å²) in [5.74, 6) is -2.43. The number of hydrogen-bond acceptors (Lipinski definition) is 5. The summed E-state index contributed by atoms with van der Waals surface area (Å²) in [6.07, 6.45) is 1.82. The molecular formula is C27H25F2N3O3. The molecule has 0 radical (unpaired) electrons. The second-order valence-electron chi connectivity index (χ2n) is 9.49. The van der Waals surface area contributed by atoms with Crippen LogP contribution in [0.5, 0.6) is 0 Å². The maximum Gasteiger partial charge on any atom is 0.307 e. The van der Waals surface area contributed by atoms with Crippen molar-refractivity contribution in [1.29, 1.82) is 0 Å². The predicted molar refractivity (Wildman–Crippen MR) is 127 cm³/mol. The Hall–Kier alpha value is -3.68. The Morgan fingerprint density at radius 2 is 1.80 bits per heavy atom. The monoisotopic (exact) mass is 477 g/mol. The van der Waals surface area contributed by atoms with Gasteiger partial charge in [0.1, 0.15) is 17.7 Å². The molecule has 1 aliphatic carbocycles. The summed E-state index contributed by atoms with van der Waals surface area (Å²) >= 11 is 0. The highest BCUT2D eigenvalue weighted by Crippen LogP contribution is 2.52. The second-order valence-corrected chi connectivity index (χ2v) is 9.49. The van der Waals surface area contributed by atoms with Gasteiger partial charge < -0.3 is 10.0 Å². The van der Waals surface area contributed by atoms with Crippen LogP contribution in [0.15, 0.2) is 66.0 Å². The van der Waals surface area contributed by atoms with Crippen molar-refractivity contribution in [2.45, 2.75) is 25.3 Å². The van der Waals surface area contributed by atoms with Crippen LogP contribution in [0, 0.1) is 41.2 Å². The van der Waals surface area contributed by atoms with Gasteiger partial charge >= 0.3 is 5.97 Å². The van der Waals surface area contributed by atoms with Gasteiger partial charge in [0.25, 0.3) is 0 Å². The van der Waals surface area contributed by atoms with Crippen LogP contribution in [-0.2, 0) is 4.79 Å². The third-order valence-corrected chi connectivity index (χ3v) is 7.37. The van der Waals surface area contributed by atoms with Crippen molar-refractivity contribution in [2.75, 3.05) is 18.0 Å². The lowest BCUT2D eigenvalue weighted by Gasteiger charge is -2.24. The number of nitrogens with zero attached hydrogens (tertiary/aromatic N) is 3. The zero-order chi connectivity index (χ0) is 24.7. The van der Waals surface area contributed by atoms with Gasteiger partial charge in [-0.25, -0.2) is 8.78 Å². The fraction of sp³-hybridized carbons (Fsp3) is 0.333. The summed E-state index contributed by atoms with van der Waals surface area (Å²) in [7, 11) is 0. The fourth-order valence-electron chi connectivity index (χ4n) is 5.49. The van der Waals surface area contributed by atoms with E-state index < -0.39 is 29.6 Å². The number of aromatic nitrogens is 1. The molecule has 1 saturated heterocycles. The fourth-order valence-corrected chi connectivity index (χ4v) is 5.49. The summed E-state index contributed by atoms with van der Waals surface area (Å²) in [5.41, 5.74) is 3.50. The van der Waals surface area contributed by atoms with Crippen LogP contribution >= 0.6 is 0 Å². The van der Waals surface area contributed by atoms with Gasteiger partial charge in [-0.2, -0.15) is 4.91 Å². The number of nitroso groups, excluding NO2 is 1. The highest BCUT2D eigenvalue weighted by atomic mass is 19.1. The minimum absolute atomic E-state index is 0.191. The summed E-state index contributed by atoms with van der Waals surface area (Å²) in [6.45, 7) is 3.23. The van der Waals surface area contributed by atoms with Crippen molar-refractivity contribution in [3.05, 3.63) is 99.7 Å². The number of carboxylic acid groups (broad SMARTS) is 1. The highest BCUT2D eigenvalue weighted by molar-refractivity contribution is 5.75. The minimum atomic E-state index is -0.732. The molecule has 4 atom stereocenters. The molecule has 0 bridgehead atoms. The Balaban J connectivity index is 1.42. The lowest BCUT2D eigenvalue weighted by molar-refractivity contribution is -0.139. The highest BCUT2D eigenvalue weighted by Gasteiger charge is 2.59. The summed E-state index contributed by atoms with van der Waals surface area (Å²) in [6, 6.07) is 13.9. The van der Waals surface area contributed by atoms with Crippen molar-refractivity contribution in [2.24, 2.45) is 22.9 Å². The first kappa shape index (κ1) is 23.1. The van der Waals surface area contributed by atoms with Crippen LogP contribution in [0.25, 0.3) is 0 Å². The van der Waals surface area contributed by atoms with Gasteiger partial charge in [-0.1, -0.05) is 23.4 Å². The second kappa shape index (κ2) is 9.17. The molecule has 1 aliphatic heterocycles. The quantitative estimate of drug-likeness (QED) is 0.436. The Morgan fingerprint density at radius 3 is 2.40 bits per heavy atom. The smallest absolute Gasteiger partial charge is 0.307 e. The average Bonchev–Trinajstić information content (AvgIpc) is 3.35. The molecule has 2 aliphatic rings. The number of aryl methyl sites for hydroxylation is 1. The van der Waals surface area contributed by atoms with E-state index in [2.05, 4.69) is 15.1 Å². The van der Waals surface area contributed by atoms with E-state index in [-0.39, 0.29) is 24.2 Å². The molecule has 1 aromatic heterocycles. The van der Waals surface area contributed by atoms with Crippen LogP contribution < -0.4 is 4.90 Å². The molecule has 2 heterocycles. The van der Waals surface area contributed by atoms with E-state index >= 15 is 0 Å². The number of halogens is 2. The third kappa shape index (κ3) is 4.52. The molecule has 1 N–H and O–H groups in total. The number of aliphatic carboxylic acids is 1.